The molecule has 0 bridgehead atoms. The topological polar surface area (TPSA) is 115 Å². The van der Waals surface area contributed by atoms with Crippen molar-refractivity contribution in [1.82, 2.24) is 5.32 Å². The Morgan fingerprint density at radius 1 is 1.02 bits per heavy atom. The quantitative estimate of drug-likeness (QED) is 0.281. The Balaban J connectivity index is 1.49. The van der Waals surface area contributed by atoms with Crippen LogP contribution in [-0.2, 0) is 16.0 Å². The Hall–Kier alpha value is -4.15. The van der Waals surface area contributed by atoms with E-state index in [1.165, 1.54) is 38.5 Å². The first-order valence-corrected chi connectivity index (χ1v) is 12.9. The normalized spacial score (nSPS) is 15.9. The molecular formula is C29H29ClFN3O6. The Morgan fingerprint density at radius 2 is 1.75 bits per heavy atom. The molecule has 9 nitrogen and oxygen atoms in total. The van der Waals surface area contributed by atoms with E-state index in [0.717, 1.165) is 0 Å². The number of carbonyl (C=O) groups excluding carboxylic acids is 3. The number of alkyl halides is 1. The highest BCUT2D eigenvalue weighted by Gasteiger charge is 2.49. The number of para-hydroxylation sites is 1. The number of benzene rings is 3. The first-order valence-electron chi connectivity index (χ1n) is 12.6. The zero-order valence-electron chi connectivity index (χ0n) is 22.0. The van der Waals surface area contributed by atoms with Crippen molar-refractivity contribution in [3.8, 4) is 11.5 Å². The van der Waals surface area contributed by atoms with Crippen molar-refractivity contribution in [3.63, 3.8) is 0 Å². The molecule has 0 radical (unpaired) electrons. The average molecular weight is 570 g/mol. The molecule has 0 aliphatic carbocycles. The van der Waals surface area contributed by atoms with Gasteiger partial charge in [0.15, 0.2) is 0 Å². The van der Waals surface area contributed by atoms with Gasteiger partial charge in [-0.25, -0.2) is 9.59 Å². The third-order valence-electron chi connectivity index (χ3n) is 6.43. The Kier molecular flexibility index (Phi) is 9.23. The third-order valence-corrected chi connectivity index (χ3v) is 6.76. The summed E-state index contributed by atoms with van der Waals surface area (Å²) in [6.07, 6.45) is 0.811. The summed E-state index contributed by atoms with van der Waals surface area (Å²) in [4.78, 5) is 37.6. The van der Waals surface area contributed by atoms with Crippen molar-refractivity contribution < 1.29 is 33.0 Å². The molecule has 1 saturated heterocycles. The second-order valence-corrected chi connectivity index (χ2v) is 9.51. The summed E-state index contributed by atoms with van der Waals surface area (Å²) in [6.45, 7) is 0.554. The fourth-order valence-corrected chi connectivity index (χ4v) is 4.55. The lowest BCUT2D eigenvalue weighted by molar-refractivity contribution is -0.156. The molecule has 1 aliphatic heterocycles. The number of urea groups is 1. The molecule has 0 saturated carbocycles. The van der Waals surface area contributed by atoms with Crippen LogP contribution in [0.1, 0.15) is 28.8 Å². The summed E-state index contributed by atoms with van der Waals surface area (Å²) in [7, 11) is 2.68. The molecule has 3 N–H and O–H groups in total. The first-order chi connectivity index (χ1) is 19.2. The van der Waals surface area contributed by atoms with Crippen molar-refractivity contribution in [2.24, 2.45) is 0 Å². The number of methoxy groups -OCH3 is 2. The van der Waals surface area contributed by atoms with Crippen molar-refractivity contribution in [1.29, 1.82) is 0 Å². The number of rotatable bonds is 10. The van der Waals surface area contributed by atoms with Gasteiger partial charge in [0.1, 0.15) is 11.5 Å². The molecule has 11 heteroatoms. The zero-order chi connectivity index (χ0) is 28.7. The predicted molar refractivity (Wildman–Crippen MR) is 149 cm³/mol. The molecule has 2 unspecified atom stereocenters. The second kappa shape index (κ2) is 12.8. The average Bonchev–Trinajstić information content (AvgIpc) is 3.51. The van der Waals surface area contributed by atoms with Gasteiger partial charge in [-0.3, -0.25) is 4.79 Å². The van der Waals surface area contributed by atoms with Crippen LogP contribution >= 0.6 is 11.6 Å². The molecule has 0 spiro atoms. The van der Waals surface area contributed by atoms with E-state index in [-0.39, 0.29) is 23.5 Å². The van der Waals surface area contributed by atoms with Gasteiger partial charge in [0, 0.05) is 6.42 Å². The van der Waals surface area contributed by atoms with E-state index in [9.17, 15) is 14.4 Å². The van der Waals surface area contributed by atoms with Gasteiger partial charge in [0.25, 0.3) is 0 Å². The third kappa shape index (κ3) is 6.70. The van der Waals surface area contributed by atoms with Crippen molar-refractivity contribution in [3.05, 3.63) is 82.9 Å². The highest BCUT2D eigenvalue weighted by Crippen LogP contribution is 2.32. The molecule has 3 aromatic rings. The maximum Gasteiger partial charge on any atom is 0.337 e. The van der Waals surface area contributed by atoms with E-state index in [1.807, 2.05) is 0 Å². The van der Waals surface area contributed by atoms with Crippen LogP contribution in [0, 0.1) is 0 Å². The Bertz CT molecular complexity index is 1380. The molecule has 40 heavy (non-hydrogen) atoms. The van der Waals surface area contributed by atoms with Crippen molar-refractivity contribution in [2.75, 3.05) is 31.4 Å². The van der Waals surface area contributed by atoms with E-state index in [4.69, 9.17) is 21.1 Å². The van der Waals surface area contributed by atoms with Gasteiger partial charge in [0.05, 0.1) is 42.2 Å². The maximum absolute atomic E-state index is 16.4. The number of ether oxygens (including phenoxy) is 3. The fraction of sp³-hybridized carbons (Fsp3) is 0.276. The lowest BCUT2D eigenvalue weighted by atomic mass is 9.96. The molecule has 1 fully saturated rings. The Labute approximate surface area is 235 Å². The number of hydrogen-bond acceptors (Lipinski definition) is 7. The van der Waals surface area contributed by atoms with Crippen LogP contribution in [0.2, 0.25) is 5.02 Å². The number of carbonyl (C=O) groups is 3. The zero-order valence-corrected chi connectivity index (χ0v) is 22.7. The number of halogens is 2. The van der Waals surface area contributed by atoms with Crippen LogP contribution < -0.4 is 25.4 Å². The first kappa shape index (κ1) is 28.8. The van der Waals surface area contributed by atoms with Gasteiger partial charge in [-0.1, -0.05) is 29.8 Å². The standard InChI is InChI=1S/C29H29ClFN3O6/c1-38-24-16-18(9-14-23(24)34-28(37)33-22-7-4-3-6-21(22)30)17-26(35)29(31,25-8-5-15-32-25)40-20-12-10-19(11-13-20)27(36)39-2/h3-4,6-7,9-14,16,25,32H,5,8,15,17H2,1-2H3,(H2,33,34,37). The number of amides is 2. The van der Waals surface area contributed by atoms with Crippen LogP contribution in [0.25, 0.3) is 0 Å². The minimum atomic E-state index is -2.66. The number of Topliss-reactive ketones (excluding diaryl/α,β-unsaturated/α-hetero) is 1. The highest BCUT2D eigenvalue weighted by molar-refractivity contribution is 6.33. The largest absolute Gasteiger partial charge is 0.495 e. The maximum atomic E-state index is 16.4. The van der Waals surface area contributed by atoms with E-state index in [0.29, 0.717) is 41.3 Å². The fourth-order valence-electron chi connectivity index (χ4n) is 4.37. The number of nitrogens with one attached hydrogen (secondary N) is 3. The summed E-state index contributed by atoms with van der Waals surface area (Å²) >= 11 is 6.10. The summed E-state index contributed by atoms with van der Waals surface area (Å²) < 4.78 is 32.2. The molecule has 3 aromatic carbocycles. The van der Waals surface area contributed by atoms with Crippen LogP contribution in [0.5, 0.6) is 11.5 Å². The van der Waals surface area contributed by atoms with Crippen molar-refractivity contribution >= 4 is 40.8 Å². The van der Waals surface area contributed by atoms with Gasteiger partial charge in [-0.2, -0.15) is 4.39 Å². The van der Waals surface area contributed by atoms with E-state index >= 15 is 4.39 Å². The Morgan fingerprint density at radius 3 is 2.40 bits per heavy atom. The summed E-state index contributed by atoms with van der Waals surface area (Å²) in [5.74, 6) is -3.62. The minimum absolute atomic E-state index is 0.0962. The number of anilines is 2. The predicted octanol–water partition coefficient (Wildman–Crippen LogP) is 5.39. The van der Waals surface area contributed by atoms with Gasteiger partial charge in [-0.05, 0) is 73.5 Å². The molecule has 0 aromatic heterocycles. The number of hydrogen-bond donors (Lipinski definition) is 3. The number of esters is 1. The molecule has 2 atom stereocenters. The SMILES string of the molecule is COC(=O)c1ccc(OC(F)(C(=O)Cc2ccc(NC(=O)Nc3ccccc3Cl)c(OC)c2)C2CCCN2)cc1. The summed E-state index contributed by atoms with van der Waals surface area (Å²) in [5.41, 5.74) is 1.51. The molecular weight excluding hydrogens is 541 g/mol. The highest BCUT2D eigenvalue weighted by atomic mass is 35.5. The number of ketones is 1. The van der Waals surface area contributed by atoms with Crippen molar-refractivity contribution in [2.45, 2.75) is 31.2 Å². The van der Waals surface area contributed by atoms with Gasteiger partial charge < -0.3 is 30.2 Å². The van der Waals surface area contributed by atoms with E-state index in [2.05, 4.69) is 20.7 Å². The molecule has 1 aliphatic rings. The molecule has 2 amide bonds. The molecule has 1 heterocycles. The van der Waals surface area contributed by atoms with Gasteiger partial charge >= 0.3 is 17.9 Å². The molecule has 4 rings (SSSR count). The van der Waals surface area contributed by atoms with E-state index < -0.39 is 29.7 Å². The lowest BCUT2D eigenvalue weighted by Crippen LogP contribution is -2.55. The van der Waals surface area contributed by atoms with Gasteiger partial charge in [-0.15, -0.1) is 0 Å². The minimum Gasteiger partial charge on any atom is -0.495 e. The van der Waals surface area contributed by atoms with Crippen LogP contribution in [0.3, 0.4) is 0 Å². The lowest BCUT2D eigenvalue weighted by Gasteiger charge is -2.31. The van der Waals surface area contributed by atoms with Gasteiger partial charge in [0.2, 0.25) is 5.78 Å². The second-order valence-electron chi connectivity index (χ2n) is 9.11. The summed E-state index contributed by atoms with van der Waals surface area (Å²) in [5, 5.41) is 8.73. The van der Waals surface area contributed by atoms with Crippen LogP contribution in [-0.4, -0.2) is 50.4 Å². The van der Waals surface area contributed by atoms with Crippen LogP contribution in [0.15, 0.2) is 66.7 Å². The smallest absolute Gasteiger partial charge is 0.337 e. The van der Waals surface area contributed by atoms with Crippen LogP contribution in [0.4, 0.5) is 20.6 Å². The summed E-state index contributed by atoms with van der Waals surface area (Å²) in [6, 6.07) is 15.8. The monoisotopic (exact) mass is 569 g/mol. The molecule has 210 valence electrons. The van der Waals surface area contributed by atoms with E-state index in [1.54, 1.807) is 42.5 Å².